The maximum Gasteiger partial charge on any atom is 0.0867 e. The van der Waals surface area contributed by atoms with Crippen LogP contribution in [0, 0.1) is 0 Å². The van der Waals surface area contributed by atoms with Gasteiger partial charge in [-0.2, -0.15) is 0 Å². The van der Waals surface area contributed by atoms with Crippen molar-refractivity contribution in [1.82, 2.24) is 9.88 Å². The molecule has 0 saturated carbocycles. The molecular formula is C12H21N3O. The molecule has 4 heteroatoms. The van der Waals surface area contributed by atoms with E-state index in [-0.39, 0.29) is 6.54 Å². The lowest BCUT2D eigenvalue weighted by atomic mass is 10.1. The normalized spacial score (nSPS) is 15.1. The van der Waals surface area contributed by atoms with Gasteiger partial charge in [-0.15, -0.1) is 0 Å². The predicted molar refractivity (Wildman–Crippen MR) is 65.1 cm³/mol. The third-order valence-electron chi connectivity index (χ3n) is 2.53. The average Bonchev–Trinajstić information content (AvgIpc) is 2.27. The summed E-state index contributed by atoms with van der Waals surface area (Å²) in [5, 5.41) is 9.81. The highest BCUT2D eigenvalue weighted by atomic mass is 16.3. The summed E-state index contributed by atoms with van der Waals surface area (Å²) < 4.78 is 0. The van der Waals surface area contributed by atoms with Crippen LogP contribution >= 0.6 is 0 Å². The average molecular weight is 223 g/mol. The van der Waals surface area contributed by atoms with E-state index >= 15 is 0 Å². The van der Waals surface area contributed by atoms with Crippen LogP contribution in [-0.2, 0) is 6.42 Å². The van der Waals surface area contributed by atoms with Gasteiger partial charge in [0.05, 0.1) is 5.60 Å². The smallest absolute Gasteiger partial charge is 0.0867 e. The van der Waals surface area contributed by atoms with Gasteiger partial charge >= 0.3 is 0 Å². The van der Waals surface area contributed by atoms with E-state index in [2.05, 4.69) is 9.88 Å². The Hall–Kier alpha value is -0.970. The van der Waals surface area contributed by atoms with Crippen LogP contribution in [0.15, 0.2) is 24.4 Å². The first-order chi connectivity index (χ1) is 7.53. The summed E-state index contributed by atoms with van der Waals surface area (Å²) in [7, 11) is 1.98. The fourth-order valence-electron chi connectivity index (χ4n) is 1.58. The van der Waals surface area contributed by atoms with Crippen molar-refractivity contribution in [3.63, 3.8) is 0 Å². The quantitative estimate of drug-likeness (QED) is 0.726. The molecule has 4 nitrogen and oxygen atoms in total. The number of aliphatic hydroxyl groups is 1. The molecule has 0 bridgehead atoms. The number of nitrogens with two attached hydrogens (primary N) is 1. The zero-order valence-electron chi connectivity index (χ0n) is 10.1. The van der Waals surface area contributed by atoms with Gasteiger partial charge in [-0.1, -0.05) is 6.07 Å². The Morgan fingerprint density at radius 3 is 2.81 bits per heavy atom. The van der Waals surface area contributed by atoms with Gasteiger partial charge in [-0.25, -0.2) is 0 Å². The molecule has 1 aromatic rings. The Morgan fingerprint density at radius 2 is 2.25 bits per heavy atom. The lowest BCUT2D eigenvalue weighted by Gasteiger charge is -2.27. The number of rotatable bonds is 6. The molecule has 1 atom stereocenters. The number of likely N-dealkylation sites (N-methyl/N-ethyl adjacent to an activating group) is 1. The van der Waals surface area contributed by atoms with E-state index in [0.717, 1.165) is 18.7 Å². The number of hydrogen-bond acceptors (Lipinski definition) is 4. The van der Waals surface area contributed by atoms with Crippen molar-refractivity contribution in [2.24, 2.45) is 5.73 Å². The van der Waals surface area contributed by atoms with Crippen LogP contribution < -0.4 is 5.73 Å². The molecule has 0 amide bonds. The molecule has 1 rings (SSSR count). The first-order valence-corrected chi connectivity index (χ1v) is 5.54. The SMILES string of the molecule is CN(CCc1ccccn1)CC(C)(O)CN. The molecule has 0 fully saturated rings. The van der Waals surface area contributed by atoms with Gasteiger partial charge in [0.2, 0.25) is 0 Å². The monoisotopic (exact) mass is 223 g/mol. The summed E-state index contributed by atoms with van der Waals surface area (Å²) in [4.78, 5) is 6.32. The molecule has 0 aliphatic heterocycles. The molecule has 0 aliphatic carbocycles. The lowest BCUT2D eigenvalue weighted by molar-refractivity contribution is 0.0354. The Morgan fingerprint density at radius 1 is 1.50 bits per heavy atom. The molecule has 1 aromatic heterocycles. The summed E-state index contributed by atoms with van der Waals surface area (Å²) in [5.74, 6) is 0. The summed E-state index contributed by atoms with van der Waals surface area (Å²) >= 11 is 0. The number of hydrogen-bond donors (Lipinski definition) is 2. The predicted octanol–water partition coefficient (Wildman–Crippen LogP) is 0.266. The molecule has 16 heavy (non-hydrogen) atoms. The molecule has 3 N–H and O–H groups in total. The van der Waals surface area contributed by atoms with Crippen LogP contribution in [-0.4, -0.2) is 47.3 Å². The first kappa shape index (κ1) is 13.1. The van der Waals surface area contributed by atoms with Crippen molar-refractivity contribution in [2.75, 3.05) is 26.7 Å². The number of nitrogens with zero attached hydrogens (tertiary/aromatic N) is 2. The summed E-state index contributed by atoms with van der Waals surface area (Å²) in [6.45, 7) is 3.48. The van der Waals surface area contributed by atoms with Gasteiger partial charge in [0.15, 0.2) is 0 Å². The summed E-state index contributed by atoms with van der Waals surface area (Å²) in [6.07, 6.45) is 2.68. The zero-order valence-corrected chi connectivity index (χ0v) is 10.1. The van der Waals surface area contributed by atoms with Crippen LogP contribution in [0.3, 0.4) is 0 Å². The molecular weight excluding hydrogens is 202 g/mol. The highest BCUT2D eigenvalue weighted by Gasteiger charge is 2.19. The van der Waals surface area contributed by atoms with Crippen molar-refractivity contribution < 1.29 is 5.11 Å². The maximum absolute atomic E-state index is 9.81. The van der Waals surface area contributed by atoms with Gasteiger partial charge in [0, 0.05) is 37.9 Å². The fraction of sp³-hybridized carbons (Fsp3) is 0.583. The largest absolute Gasteiger partial charge is 0.388 e. The van der Waals surface area contributed by atoms with E-state index in [1.807, 2.05) is 25.2 Å². The highest BCUT2D eigenvalue weighted by molar-refractivity contribution is 5.03. The van der Waals surface area contributed by atoms with Gasteiger partial charge < -0.3 is 15.7 Å². The third kappa shape index (κ3) is 4.70. The Labute approximate surface area is 97.1 Å². The summed E-state index contributed by atoms with van der Waals surface area (Å²) in [6, 6.07) is 5.90. The summed E-state index contributed by atoms with van der Waals surface area (Å²) in [5.41, 5.74) is 5.74. The van der Waals surface area contributed by atoms with Gasteiger partial charge in [-0.05, 0) is 26.1 Å². The van der Waals surface area contributed by atoms with Crippen LogP contribution in [0.1, 0.15) is 12.6 Å². The minimum absolute atomic E-state index is 0.279. The molecule has 1 unspecified atom stereocenters. The number of pyridine rings is 1. The second-order valence-electron chi connectivity index (χ2n) is 4.51. The maximum atomic E-state index is 9.81. The Kier molecular flexibility index (Phi) is 4.86. The minimum Gasteiger partial charge on any atom is -0.388 e. The van der Waals surface area contributed by atoms with Gasteiger partial charge in [-0.3, -0.25) is 4.98 Å². The fourth-order valence-corrected chi connectivity index (χ4v) is 1.58. The second-order valence-corrected chi connectivity index (χ2v) is 4.51. The molecule has 1 heterocycles. The minimum atomic E-state index is -0.807. The van der Waals surface area contributed by atoms with E-state index in [1.165, 1.54) is 0 Å². The van der Waals surface area contributed by atoms with Crippen molar-refractivity contribution in [3.8, 4) is 0 Å². The van der Waals surface area contributed by atoms with Crippen molar-refractivity contribution in [1.29, 1.82) is 0 Å². The standard InChI is InChI=1S/C12H21N3O/c1-12(16,9-13)10-15(2)8-6-11-5-3-4-7-14-11/h3-5,7,16H,6,8-10,13H2,1-2H3. The molecule has 90 valence electrons. The lowest BCUT2D eigenvalue weighted by Crippen LogP contribution is -2.45. The molecule has 0 saturated heterocycles. The van der Waals surface area contributed by atoms with Crippen LogP contribution in [0.5, 0.6) is 0 Å². The van der Waals surface area contributed by atoms with Crippen molar-refractivity contribution in [3.05, 3.63) is 30.1 Å². The van der Waals surface area contributed by atoms with Gasteiger partial charge in [0.1, 0.15) is 0 Å². The second kappa shape index (κ2) is 5.94. The Balaban J connectivity index is 2.33. The van der Waals surface area contributed by atoms with E-state index in [1.54, 1.807) is 13.1 Å². The highest BCUT2D eigenvalue weighted by Crippen LogP contribution is 2.04. The first-order valence-electron chi connectivity index (χ1n) is 5.54. The third-order valence-corrected chi connectivity index (χ3v) is 2.53. The number of aromatic nitrogens is 1. The Bertz CT molecular complexity index is 300. The molecule has 0 aliphatic rings. The topological polar surface area (TPSA) is 62.4 Å². The van der Waals surface area contributed by atoms with Gasteiger partial charge in [0.25, 0.3) is 0 Å². The molecule has 0 radical (unpaired) electrons. The van der Waals surface area contributed by atoms with E-state index in [9.17, 15) is 5.11 Å². The van der Waals surface area contributed by atoms with Crippen molar-refractivity contribution in [2.45, 2.75) is 18.9 Å². The van der Waals surface area contributed by atoms with Crippen molar-refractivity contribution >= 4 is 0 Å². The molecule has 0 spiro atoms. The van der Waals surface area contributed by atoms with Crippen LogP contribution in [0.4, 0.5) is 0 Å². The van der Waals surface area contributed by atoms with Crippen LogP contribution in [0.2, 0.25) is 0 Å². The molecule has 0 aromatic carbocycles. The van der Waals surface area contributed by atoms with E-state index in [0.29, 0.717) is 6.54 Å². The van der Waals surface area contributed by atoms with E-state index < -0.39 is 5.60 Å². The van der Waals surface area contributed by atoms with E-state index in [4.69, 9.17) is 5.73 Å². The zero-order chi connectivity index (χ0) is 12.0. The van der Waals surface area contributed by atoms with Crippen LogP contribution in [0.25, 0.3) is 0 Å².